The van der Waals surface area contributed by atoms with Crippen molar-refractivity contribution in [2.24, 2.45) is 5.92 Å². The van der Waals surface area contributed by atoms with E-state index >= 15 is 0 Å². The minimum absolute atomic E-state index is 0.334. The van der Waals surface area contributed by atoms with Crippen LogP contribution in [0.3, 0.4) is 0 Å². The van der Waals surface area contributed by atoms with Crippen molar-refractivity contribution in [2.45, 2.75) is 39.7 Å². The third kappa shape index (κ3) is 4.98. The maximum atomic E-state index is 9.54. The Bertz CT molecular complexity index is 202. The van der Waals surface area contributed by atoms with Crippen LogP contribution in [0.25, 0.3) is 0 Å². The third-order valence-corrected chi connectivity index (χ3v) is 1.65. The van der Waals surface area contributed by atoms with Crippen molar-refractivity contribution in [3.8, 4) is 12.3 Å². The van der Waals surface area contributed by atoms with Gasteiger partial charge in [0, 0.05) is 0 Å². The van der Waals surface area contributed by atoms with Crippen molar-refractivity contribution in [3.63, 3.8) is 0 Å². The van der Waals surface area contributed by atoms with Gasteiger partial charge in [-0.05, 0) is 33.1 Å². The summed E-state index contributed by atoms with van der Waals surface area (Å²) in [7, 11) is 0. The lowest BCUT2D eigenvalue weighted by atomic mass is 9.93. The molecular formula is C11H18O. The topological polar surface area (TPSA) is 20.2 Å². The molecule has 0 amide bonds. The first-order valence-corrected chi connectivity index (χ1v) is 4.22. The third-order valence-electron chi connectivity index (χ3n) is 1.65. The predicted octanol–water partition coefficient (Wildman–Crippen LogP) is 2.36. The fraction of sp³-hybridized carbons (Fsp3) is 0.636. The van der Waals surface area contributed by atoms with Gasteiger partial charge in [0.1, 0.15) is 5.60 Å². The van der Waals surface area contributed by atoms with Gasteiger partial charge in [-0.25, -0.2) is 0 Å². The molecule has 2 unspecified atom stereocenters. The molecule has 0 aromatic heterocycles. The minimum atomic E-state index is -0.967. The van der Waals surface area contributed by atoms with Gasteiger partial charge in [-0.3, -0.25) is 0 Å². The van der Waals surface area contributed by atoms with Crippen LogP contribution in [-0.2, 0) is 0 Å². The zero-order valence-corrected chi connectivity index (χ0v) is 8.39. The molecule has 0 aromatic rings. The first kappa shape index (κ1) is 11.3. The Morgan fingerprint density at radius 3 is 2.50 bits per heavy atom. The molecule has 1 heteroatoms. The molecule has 0 heterocycles. The van der Waals surface area contributed by atoms with Gasteiger partial charge in [-0.15, -0.1) is 6.42 Å². The molecule has 0 spiro atoms. The highest BCUT2D eigenvalue weighted by atomic mass is 16.3. The van der Waals surface area contributed by atoms with E-state index in [1.165, 1.54) is 5.57 Å². The normalized spacial score (nSPS) is 17.3. The first-order valence-electron chi connectivity index (χ1n) is 4.22. The van der Waals surface area contributed by atoms with E-state index in [9.17, 15) is 5.11 Å². The molecule has 0 bridgehead atoms. The molecule has 2 atom stereocenters. The minimum Gasteiger partial charge on any atom is -0.378 e. The molecule has 0 rings (SSSR count). The Morgan fingerprint density at radius 2 is 2.17 bits per heavy atom. The van der Waals surface area contributed by atoms with E-state index in [2.05, 4.69) is 18.9 Å². The maximum absolute atomic E-state index is 9.54. The van der Waals surface area contributed by atoms with Crippen LogP contribution < -0.4 is 0 Å². The second-order valence-corrected chi connectivity index (χ2v) is 3.84. The van der Waals surface area contributed by atoms with Crippen molar-refractivity contribution in [1.82, 2.24) is 0 Å². The van der Waals surface area contributed by atoms with Crippen molar-refractivity contribution in [2.75, 3.05) is 0 Å². The van der Waals surface area contributed by atoms with Gasteiger partial charge < -0.3 is 5.11 Å². The Labute approximate surface area is 75.5 Å². The second-order valence-electron chi connectivity index (χ2n) is 3.84. The molecule has 0 aliphatic rings. The average Bonchev–Trinajstić information content (AvgIpc) is 1.84. The summed E-state index contributed by atoms with van der Waals surface area (Å²) in [4.78, 5) is 0. The quantitative estimate of drug-likeness (QED) is 0.504. The summed E-state index contributed by atoms with van der Waals surface area (Å²) in [5, 5.41) is 9.54. The Hall–Kier alpha value is -0.740. The molecule has 1 nitrogen and oxygen atoms in total. The van der Waals surface area contributed by atoms with Crippen LogP contribution >= 0.6 is 0 Å². The predicted molar refractivity (Wildman–Crippen MR) is 52.7 cm³/mol. The van der Waals surface area contributed by atoms with Crippen LogP contribution in [0.2, 0.25) is 0 Å². The molecule has 68 valence electrons. The Kier molecular flexibility index (Phi) is 4.06. The van der Waals surface area contributed by atoms with E-state index in [0.29, 0.717) is 12.3 Å². The molecule has 0 radical (unpaired) electrons. The fourth-order valence-electron chi connectivity index (χ4n) is 1.31. The number of rotatable bonds is 3. The van der Waals surface area contributed by atoms with Gasteiger partial charge in [0.2, 0.25) is 0 Å². The highest BCUT2D eigenvalue weighted by Crippen LogP contribution is 2.17. The zero-order chi connectivity index (χ0) is 9.78. The van der Waals surface area contributed by atoms with Crippen molar-refractivity contribution in [1.29, 1.82) is 0 Å². The van der Waals surface area contributed by atoms with E-state index in [4.69, 9.17) is 6.42 Å². The zero-order valence-electron chi connectivity index (χ0n) is 8.39. The molecule has 0 saturated heterocycles. The monoisotopic (exact) mass is 166 g/mol. The van der Waals surface area contributed by atoms with Crippen LogP contribution in [0.5, 0.6) is 0 Å². The highest BCUT2D eigenvalue weighted by Gasteiger charge is 2.18. The number of aliphatic hydroxyl groups is 1. The highest BCUT2D eigenvalue weighted by molar-refractivity contribution is 5.07. The average molecular weight is 166 g/mol. The largest absolute Gasteiger partial charge is 0.378 e. The first-order chi connectivity index (χ1) is 5.37. The van der Waals surface area contributed by atoms with Crippen LogP contribution in [0, 0.1) is 18.3 Å². The molecule has 0 fully saturated rings. The molecule has 0 saturated carbocycles. The van der Waals surface area contributed by atoms with Crippen molar-refractivity contribution < 1.29 is 5.11 Å². The molecular weight excluding hydrogens is 148 g/mol. The number of hydrogen-bond acceptors (Lipinski definition) is 1. The second kappa shape index (κ2) is 4.33. The van der Waals surface area contributed by atoms with Gasteiger partial charge in [0.25, 0.3) is 0 Å². The van der Waals surface area contributed by atoms with Gasteiger partial charge in [0.15, 0.2) is 0 Å². The molecule has 0 aliphatic carbocycles. The fourth-order valence-corrected chi connectivity index (χ4v) is 1.31. The summed E-state index contributed by atoms with van der Waals surface area (Å²) in [6.07, 6.45) is 7.90. The van der Waals surface area contributed by atoms with Gasteiger partial charge in [0.05, 0.1) is 0 Å². The number of allylic oxidation sites excluding steroid dienone is 2. The smallest absolute Gasteiger partial charge is 0.123 e. The van der Waals surface area contributed by atoms with E-state index in [0.717, 1.165) is 0 Å². The lowest BCUT2D eigenvalue weighted by molar-refractivity contribution is 0.102. The summed E-state index contributed by atoms with van der Waals surface area (Å²) in [5.74, 6) is 2.71. The Morgan fingerprint density at radius 1 is 1.67 bits per heavy atom. The number of terminal acetylenes is 1. The molecule has 0 aromatic carbocycles. The molecule has 12 heavy (non-hydrogen) atoms. The summed E-state index contributed by atoms with van der Waals surface area (Å²) in [6, 6.07) is 0. The SMILES string of the molecule is C#CC(C)(O)CC(C)C=C(C)C. The van der Waals surface area contributed by atoms with E-state index in [1.54, 1.807) is 6.92 Å². The summed E-state index contributed by atoms with van der Waals surface area (Å²) in [5.41, 5.74) is 0.293. The molecule has 0 aliphatic heterocycles. The molecule has 1 N–H and O–H groups in total. The van der Waals surface area contributed by atoms with E-state index in [1.807, 2.05) is 13.8 Å². The van der Waals surface area contributed by atoms with E-state index in [-0.39, 0.29) is 0 Å². The maximum Gasteiger partial charge on any atom is 0.123 e. The lowest BCUT2D eigenvalue weighted by Crippen LogP contribution is -2.23. The van der Waals surface area contributed by atoms with E-state index < -0.39 is 5.60 Å². The van der Waals surface area contributed by atoms with Gasteiger partial charge in [-0.2, -0.15) is 0 Å². The van der Waals surface area contributed by atoms with Crippen LogP contribution in [-0.4, -0.2) is 10.7 Å². The summed E-state index contributed by atoms with van der Waals surface area (Å²) in [6.45, 7) is 7.81. The standard InChI is InChI=1S/C11H18O/c1-6-11(5,12)8-10(4)7-9(2)3/h1,7,10,12H,8H2,2-5H3. The van der Waals surface area contributed by atoms with Crippen molar-refractivity contribution in [3.05, 3.63) is 11.6 Å². The van der Waals surface area contributed by atoms with Gasteiger partial charge >= 0.3 is 0 Å². The number of hydrogen-bond donors (Lipinski definition) is 1. The lowest BCUT2D eigenvalue weighted by Gasteiger charge is -2.19. The van der Waals surface area contributed by atoms with Crippen LogP contribution in [0.4, 0.5) is 0 Å². The summed E-state index contributed by atoms with van der Waals surface area (Å²) < 4.78 is 0. The summed E-state index contributed by atoms with van der Waals surface area (Å²) >= 11 is 0. The van der Waals surface area contributed by atoms with Crippen LogP contribution in [0.15, 0.2) is 11.6 Å². The van der Waals surface area contributed by atoms with Gasteiger partial charge in [-0.1, -0.05) is 24.5 Å². The van der Waals surface area contributed by atoms with Crippen LogP contribution in [0.1, 0.15) is 34.1 Å². The van der Waals surface area contributed by atoms with Crippen molar-refractivity contribution >= 4 is 0 Å². The Balaban J connectivity index is 4.12.